The molecule has 2 aromatic rings. The Bertz CT molecular complexity index is 488. The summed E-state index contributed by atoms with van der Waals surface area (Å²) in [6.07, 6.45) is 2.68. The molecule has 0 aliphatic carbocycles. The molecule has 1 aromatic carbocycles. The Balaban J connectivity index is 0.00000128. The average Bonchev–Trinajstić information content (AvgIpc) is 2.54. The molecule has 0 saturated carbocycles. The van der Waals surface area contributed by atoms with E-state index >= 15 is 0 Å². The Kier molecular flexibility index (Phi) is 4.16. The van der Waals surface area contributed by atoms with Crippen LogP contribution >= 0.6 is 12.4 Å². The van der Waals surface area contributed by atoms with Gasteiger partial charge in [0, 0.05) is 22.6 Å². The normalized spacial score (nSPS) is 12.1. The molecule has 1 heterocycles. The van der Waals surface area contributed by atoms with E-state index in [4.69, 9.17) is 5.73 Å². The zero-order chi connectivity index (χ0) is 10.8. The molecule has 1 atom stereocenters. The number of para-hydroxylation sites is 1. The second kappa shape index (κ2) is 5.19. The van der Waals surface area contributed by atoms with Crippen molar-refractivity contribution in [2.45, 2.75) is 19.4 Å². The van der Waals surface area contributed by atoms with Crippen molar-refractivity contribution in [3.05, 3.63) is 48.2 Å². The first kappa shape index (κ1) is 12.8. The van der Waals surface area contributed by atoms with E-state index in [2.05, 4.69) is 30.6 Å². The van der Waals surface area contributed by atoms with Crippen LogP contribution < -0.4 is 5.73 Å². The van der Waals surface area contributed by atoms with Crippen molar-refractivity contribution in [2.24, 2.45) is 5.73 Å². The number of aromatic amines is 1. The predicted octanol–water partition coefficient (Wildman–Crippen LogP) is 3.47. The van der Waals surface area contributed by atoms with Crippen LogP contribution in [0.15, 0.2) is 36.9 Å². The molecule has 0 radical (unpaired) electrons. The maximum absolute atomic E-state index is 6.13. The van der Waals surface area contributed by atoms with Gasteiger partial charge in [0.05, 0.1) is 0 Å². The van der Waals surface area contributed by atoms with Crippen LogP contribution in [-0.2, 0) is 0 Å². The van der Waals surface area contributed by atoms with Gasteiger partial charge in [0.2, 0.25) is 0 Å². The SMILES string of the molecule is C=CC[C@H](N)c1c(C)[nH]c2ccccc12.Cl. The molecule has 0 saturated heterocycles. The third-order valence-electron chi connectivity index (χ3n) is 2.73. The van der Waals surface area contributed by atoms with Crippen LogP contribution in [0.2, 0.25) is 0 Å². The molecule has 2 rings (SSSR count). The minimum atomic E-state index is 0. The molecule has 0 aliphatic heterocycles. The van der Waals surface area contributed by atoms with E-state index < -0.39 is 0 Å². The third-order valence-corrected chi connectivity index (χ3v) is 2.73. The van der Waals surface area contributed by atoms with Gasteiger partial charge in [-0.25, -0.2) is 0 Å². The van der Waals surface area contributed by atoms with Gasteiger partial charge >= 0.3 is 0 Å². The van der Waals surface area contributed by atoms with E-state index in [0.29, 0.717) is 0 Å². The van der Waals surface area contributed by atoms with Gasteiger partial charge in [-0.05, 0) is 25.0 Å². The molecule has 16 heavy (non-hydrogen) atoms. The topological polar surface area (TPSA) is 41.8 Å². The summed E-state index contributed by atoms with van der Waals surface area (Å²) in [5.74, 6) is 0. The van der Waals surface area contributed by atoms with Crippen molar-refractivity contribution in [3.63, 3.8) is 0 Å². The molecular formula is C13H17ClN2. The van der Waals surface area contributed by atoms with Crippen LogP contribution in [0.25, 0.3) is 10.9 Å². The van der Waals surface area contributed by atoms with Crippen molar-refractivity contribution >= 4 is 23.3 Å². The monoisotopic (exact) mass is 236 g/mol. The second-order valence-electron chi connectivity index (χ2n) is 3.84. The standard InChI is InChI=1S/C13H16N2.ClH/c1-3-6-11(14)13-9(2)15-12-8-5-4-7-10(12)13;/h3-5,7-8,11,15H,1,6,14H2,2H3;1H/t11-;/m0./s1. The van der Waals surface area contributed by atoms with E-state index in [1.54, 1.807) is 0 Å². The number of hydrogen-bond acceptors (Lipinski definition) is 1. The van der Waals surface area contributed by atoms with Gasteiger partial charge in [-0.15, -0.1) is 19.0 Å². The fourth-order valence-electron chi connectivity index (χ4n) is 2.07. The van der Waals surface area contributed by atoms with E-state index in [-0.39, 0.29) is 18.4 Å². The number of aromatic nitrogens is 1. The predicted molar refractivity (Wildman–Crippen MR) is 72.0 cm³/mol. The van der Waals surface area contributed by atoms with Gasteiger partial charge in [0.15, 0.2) is 0 Å². The minimum Gasteiger partial charge on any atom is -0.358 e. The molecule has 0 aliphatic rings. The van der Waals surface area contributed by atoms with Crippen molar-refractivity contribution in [1.82, 2.24) is 4.98 Å². The molecule has 0 amide bonds. The number of aryl methyl sites for hydroxylation is 1. The quantitative estimate of drug-likeness (QED) is 0.788. The highest BCUT2D eigenvalue weighted by Crippen LogP contribution is 2.28. The first-order valence-electron chi connectivity index (χ1n) is 5.17. The van der Waals surface area contributed by atoms with Crippen molar-refractivity contribution in [2.75, 3.05) is 0 Å². The lowest BCUT2D eigenvalue weighted by atomic mass is 10.0. The zero-order valence-corrected chi connectivity index (χ0v) is 10.2. The van der Waals surface area contributed by atoms with E-state index in [1.165, 1.54) is 10.9 Å². The Morgan fingerprint density at radius 2 is 2.12 bits per heavy atom. The summed E-state index contributed by atoms with van der Waals surface area (Å²) in [4.78, 5) is 3.35. The number of rotatable bonds is 3. The van der Waals surface area contributed by atoms with Crippen LogP contribution in [0.4, 0.5) is 0 Å². The summed E-state index contributed by atoms with van der Waals surface area (Å²) in [5, 5.41) is 1.23. The minimum absolute atomic E-state index is 0. The Morgan fingerprint density at radius 1 is 1.44 bits per heavy atom. The number of nitrogens with two attached hydrogens (primary N) is 1. The molecule has 3 heteroatoms. The van der Waals surface area contributed by atoms with Gasteiger partial charge in [-0.2, -0.15) is 0 Å². The highest BCUT2D eigenvalue weighted by atomic mass is 35.5. The molecule has 3 N–H and O–H groups in total. The number of H-pyrrole nitrogens is 1. The molecule has 0 unspecified atom stereocenters. The summed E-state index contributed by atoms with van der Waals surface area (Å²) in [6, 6.07) is 8.29. The smallest absolute Gasteiger partial charge is 0.0459 e. The fraction of sp³-hybridized carbons (Fsp3) is 0.231. The Morgan fingerprint density at radius 3 is 2.81 bits per heavy atom. The van der Waals surface area contributed by atoms with Crippen LogP contribution in [0.3, 0.4) is 0 Å². The lowest BCUT2D eigenvalue weighted by Crippen LogP contribution is -2.09. The van der Waals surface area contributed by atoms with Gasteiger partial charge in [0.1, 0.15) is 0 Å². The van der Waals surface area contributed by atoms with Crippen molar-refractivity contribution in [1.29, 1.82) is 0 Å². The van der Waals surface area contributed by atoms with Crippen molar-refractivity contribution < 1.29 is 0 Å². The van der Waals surface area contributed by atoms with Gasteiger partial charge in [-0.1, -0.05) is 24.3 Å². The summed E-state index contributed by atoms with van der Waals surface area (Å²) < 4.78 is 0. The molecule has 1 aromatic heterocycles. The summed E-state index contributed by atoms with van der Waals surface area (Å²) >= 11 is 0. The summed E-state index contributed by atoms with van der Waals surface area (Å²) in [6.45, 7) is 5.80. The average molecular weight is 237 g/mol. The van der Waals surface area contributed by atoms with Gasteiger partial charge in [0.25, 0.3) is 0 Å². The fourth-order valence-corrected chi connectivity index (χ4v) is 2.07. The summed E-state index contributed by atoms with van der Waals surface area (Å²) in [7, 11) is 0. The van der Waals surface area contributed by atoms with Gasteiger partial charge < -0.3 is 10.7 Å². The number of halogens is 1. The Hall–Kier alpha value is -1.25. The molecule has 0 spiro atoms. The largest absolute Gasteiger partial charge is 0.358 e. The zero-order valence-electron chi connectivity index (χ0n) is 9.36. The number of fused-ring (bicyclic) bond motifs is 1. The number of nitrogens with one attached hydrogen (secondary N) is 1. The number of benzene rings is 1. The second-order valence-corrected chi connectivity index (χ2v) is 3.84. The van der Waals surface area contributed by atoms with E-state index in [0.717, 1.165) is 17.6 Å². The highest BCUT2D eigenvalue weighted by Gasteiger charge is 2.13. The maximum Gasteiger partial charge on any atom is 0.0459 e. The Labute approximate surface area is 102 Å². The molecule has 2 nitrogen and oxygen atoms in total. The third kappa shape index (κ3) is 2.13. The van der Waals surface area contributed by atoms with Gasteiger partial charge in [-0.3, -0.25) is 0 Å². The lowest BCUT2D eigenvalue weighted by molar-refractivity contribution is 0.741. The number of hydrogen-bond donors (Lipinski definition) is 2. The molecular weight excluding hydrogens is 220 g/mol. The first-order valence-corrected chi connectivity index (χ1v) is 5.17. The van der Waals surface area contributed by atoms with Crippen LogP contribution in [0.1, 0.15) is 23.7 Å². The van der Waals surface area contributed by atoms with Crippen molar-refractivity contribution in [3.8, 4) is 0 Å². The van der Waals surface area contributed by atoms with Crippen LogP contribution in [-0.4, -0.2) is 4.98 Å². The van der Waals surface area contributed by atoms with E-state index in [1.807, 2.05) is 18.2 Å². The summed E-state index contributed by atoms with van der Waals surface area (Å²) in [5.41, 5.74) is 9.65. The molecule has 86 valence electrons. The highest BCUT2D eigenvalue weighted by molar-refractivity contribution is 5.85. The molecule has 0 fully saturated rings. The first-order chi connectivity index (χ1) is 7.24. The maximum atomic E-state index is 6.13. The van der Waals surface area contributed by atoms with E-state index in [9.17, 15) is 0 Å². The molecule has 0 bridgehead atoms. The lowest BCUT2D eigenvalue weighted by Gasteiger charge is -2.09. The van der Waals surface area contributed by atoms with Crippen LogP contribution in [0, 0.1) is 6.92 Å². The van der Waals surface area contributed by atoms with Crippen LogP contribution in [0.5, 0.6) is 0 Å².